The fraction of sp³-hybridized carbons (Fsp3) is 0.900. The predicted molar refractivity (Wildman–Crippen MR) is 55.9 cm³/mol. The molecule has 0 radical (unpaired) electrons. The molecular formula is C10H21N3. The molecule has 0 aromatic carbocycles. The summed E-state index contributed by atoms with van der Waals surface area (Å²) in [5, 5.41) is 7.61. The summed E-state index contributed by atoms with van der Waals surface area (Å²) in [5.41, 5.74) is 7.31. The van der Waals surface area contributed by atoms with Crippen LogP contribution in [0.25, 0.3) is 0 Å². The maximum atomic E-state index is 7.61. The van der Waals surface area contributed by atoms with E-state index < -0.39 is 0 Å². The van der Waals surface area contributed by atoms with Crippen molar-refractivity contribution in [3.05, 3.63) is 0 Å². The first-order valence-electron chi connectivity index (χ1n) is 5.18. The van der Waals surface area contributed by atoms with Crippen molar-refractivity contribution in [3.63, 3.8) is 0 Å². The Kier molecular flexibility index (Phi) is 3.88. The maximum absolute atomic E-state index is 7.61. The molecule has 0 saturated carbocycles. The molecule has 1 rings (SSSR count). The molecular weight excluding hydrogens is 162 g/mol. The maximum Gasteiger partial charge on any atom is 0.0245 e. The van der Waals surface area contributed by atoms with E-state index in [0.29, 0.717) is 17.9 Å². The number of rotatable bonds is 3. The second-order valence-corrected chi connectivity index (χ2v) is 4.13. The molecule has 0 aromatic heterocycles. The quantitative estimate of drug-likeness (QED) is 0.581. The fourth-order valence-electron chi connectivity index (χ4n) is 1.75. The highest BCUT2D eigenvalue weighted by Gasteiger charge is 2.25. The van der Waals surface area contributed by atoms with Crippen LogP contribution >= 0.6 is 0 Å². The Hall–Kier alpha value is -0.410. The van der Waals surface area contributed by atoms with E-state index in [1.54, 1.807) is 0 Å². The average molecular weight is 183 g/mol. The summed E-state index contributed by atoms with van der Waals surface area (Å²) in [6.45, 7) is 7.29. The Bertz CT molecular complexity index is 179. The molecule has 1 aliphatic rings. The highest BCUT2D eigenvalue weighted by molar-refractivity contribution is 5.81. The highest BCUT2D eigenvalue weighted by atomic mass is 15.4. The zero-order valence-corrected chi connectivity index (χ0v) is 8.85. The van der Waals surface area contributed by atoms with Gasteiger partial charge in [0.2, 0.25) is 0 Å². The van der Waals surface area contributed by atoms with Crippen molar-refractivity contribution in [1.82, 2.24) is 10.9 Å². The van der Waals surface area contributed by atoms with Crippen molar-refractivity contribution in [3.8, 4) is 0 Å². The van der Waals surface area contributed by atoms with Crippen LogP contribution in [-0.2, 0) is 0 Å². The van der Waals surface area contributed by atoms with Crippen LogP contribution in [0.15, 0.2) is 0 Å². The molecule has 1 heterocycles. The number of hydrazine groups is 1. The molecule has 0 bridgehead atoms. The molecule has 1 fully saturated rings. The van der Waals surface area contributed by atoms with E-state index in [0.717, 1.165) is 18.7 Å². The normalized spacial score (nSPS) is 31.3. The molecule has 3 atom stereocenters. The molecule has 3 nitrogen and oxygen atoms in total. The Morgan fingerprint density at radius 3 is 2.85 bits per heavy atom. The lowest BCUT2D eigenvalue weighted by Gasteiger charge is -2.34. The van der Waals surface area contributed by atoms with Gasteiger partial charge < -0.3 is 5.41 Å². The first-order chi connectivity index (χ1) is 6.15. The van der Waals surface area contributed by atoms with Crippen LogP contribution in [-0.4, -0.2) is 18.3 Å². The Balaban J connectivity index is 2.46. The average Bonchev–Trinajstić information content (AvgIpc) is 2.17. The molecule has 1 saturated heterocycles. The zero-order chi connectivity index (χ0) is 9.84. The molecule has 3 unspecified atom stereocenters. The first kappa shape index (κ1) is 10.7. The molecule has 13 heavy (non-hydrogen) atoms. The standard InChI is InChI=1S/C10H21N3/c1-4-7(2)10-5-9(8(3)11)6-12-13-10/h7,9-13H,4-6H2,1-3H3. The molecule has 76 valence electrons. The Morgan fingerprint density at radius 2 is 2.31 bits per heavy atom. The van der Waals surface area contributed by atoms with Crippen molar-refractivity contribution >= 4 is 5.71 Å². The van der Waals surface area contributed by atoms with Crippen molar-refractivity contribution in [2.24, 2.45) is 11.8 Å². The third-order valence-electron chi connectivity index (χ3n) is 3.12. The summed E-state index contributed by atoms with van der Waals surface area (Å²) >= 11 is 0. The summed E-state index contributed by atoms with van der Waals surface area (Å²) in [6, 6.07) is 0.532. The number of nitrogens with one attached hydrogen (secondary N) is 3. The zero-order valence-electron chi connectivity index (χ0n) is 8.85. The van der Waals surface area contributed by atoms with Gasteiger partial charge in [0.1, 0.15) is 0 Å². The molecule has 0 spiro atoms. The van der Waals surface area contributed by atoms with Crippen LogP contribution in [0.1, 0.15) is 33.6 Å². The van der Waals surface area contributed by atoms with Crippen molar-refractivity contribution in [2.75, 3.05) is 6.54 Å². The minimum Gasteiger partial charge on any atom is -0.310 e. The fourth-order valence-corrected chi connectivity index (χ4v) is 1.75. The van der Waals surface area contributed by atoms with E-state index in [2.05, 4.69) is 24.7 Å². The van der Waals surface area contributed by atoms with Gasteiger partial charge in [0.05, 0.1) is 0 Å². The van der Waals surface area contributed by atoms with Gasteiger partial charge in [0.15, 0.2) is 0 Å². The van der Waals surface area contributed by atoms with E-state index in [9.17, 15) is 0 Å². The number of hydrogen-bond donors (Lipinski definition) is 3. The SMILES string of the molecule is CCC(C)C1CC(C(C)=N)CNN1. The van der Waals surface area contributed by atoms with Gasteiger partial charge in [-0.1, -0.05) is 20.3 Å². The Morgan fingerprint density at radius 1 is 1.62 bits per heavy atom. The van der Waals surface area contributed by atoms with E-state index in [1.807, 2.05) is 6.92 Å². The van der Waals surface area contributed by atoms with E-state index >= 15 is 0 Å². The largest absolute Gasteiger partial charge is 0.310 e. The third-order valence-corrected chi connectivity index (χ3v) is 3.12. The second kappa shape index (κ2) is 4.72. The minimum absolute atomic E-state index is 0.431. The lowest BCUT2D eigenvalue weighted by atomic mass is 9.87. The monoisotopic (exact) mass is 183 g/mol. The van der Waals surface area contributed by atoms with Crippen LogP contribution < -0.4 is 10.9 Å². The minimum atomic E-state index is 0.431. The predicted octanol–water partition coefficient (Wildman–Crippen LogP) is 1.55. The number of hydrogen-bond acceptors (Lipinski definition) is 3. The first-order valence-corrected chi connectivity index (χ1v) is 5.18. The van der Waals surface area contributed by atoms with E-state index in [-0.39, 0.29) is 0 Å². The van der Waals surface area contributed by atoms with Gasteiger partial charge in [-0.3, -0.25) is 10.9 Å². The summed E-state index contributed by atoms with van der Waals surface area (Å²) in [6.07, 6.45) is 2.31. The smallest absolute Gasteiger partial charge is 0.0245 e. The Labute approximate surface area is 80.8 Å². The van der Waals surface area contributed by atoms with E-state index in [4.69, 9.17) is 5.41 Å². The summed E-state index contributed by atoms with van der Waals surface area (Å²) in [5.74, 6) is 1.12. The molecule has 1 aliphatic heterocycles. The van der Waals surface area contributed by atoms with Crippen molar-refractivity contribution in [2.45, 2.75) is 39.7 Å². The van der Waals surface area contributed by atoms with Crippen LogP contribution in [0.3, 0.4) is 0 Å². The second-order valence-electron chi connectivity index (χ2n) is 4.13. The third kappa shape index (κ3) is 2.78. The van der Waals surface area contributed by atoms with Gasteiger partial charge in [-0.05, 0) is 19.3 Å². The van der Waals surface area contributed by atoms with Crippen molar-refractivity contribution in [1.29, 1.82) is 5.41 Å². The van der Waals surface area contributed by atoms with Gasteiger partial charge in [0, 0.05) is 24.2 Å². The summed E-state index contributed by atoms with van der Waals surface area (Å²) in [7, 11) is 0. The molecule has 3 heteroatoms. The highest BCUT2D eigenvalue weighted by Crippen LogP contribution is 2.18. The van der Waals surface area contributed by atoms with Gasteiger partial charge in [-0.2, -0.15) is 0 Å². The van der Waals surface area contributed by atoms with E-state index in [1.165, 1.54) is 6.42 Å². The van der Waals surface area contributed by atoms with Gasteiger partial charge >= 0.3 is 0 Å². The topological polar surface area (TPSA) is 47.9 Å². The molecule has 0 aliphatic carbocycles. The van der Waals surface area contributed by atoms with Crippen LogP contribution in [0.4, 0.5) is 0 Å². The van der Waals surface area contributed by atoms with Crippen molar-refractivity contribution < 1.29 is 0 Å². The lowest BCUT2D eigenvalue weighted by Crippen LogP contribution is -2.53. The van der Waals surface area contributed by atoms with Crippen LogP contribution in [0.2, 0.25) is 0 Å². The molecule has 0 amide bonds. The van der Waals surface area contributed by atoms with Crippen LogP contribution in [0, 0.1) is 17.2 Å². The molecule has 3 N–H and O–H groups in total. The van der Waals surface area contributed by atoms with Gasteiger partial charge in [-0.25, -0.2) is 0 Å². The summed E-state index contributed by atoms with van der Waals surface area (Å²) < 4.78 is 0. The van der Waals surface area contributed by atoms with Crippen LogP contribution in [0.5, 0.6) is 0 Å². The lowest BCUT2D eigenvalue weighted by molar-refractivity contribution is 0.241. The van der Waals surface area contributed by atoms with Gasteiger partial charge in [-0.15, -0.1) is 0 Å². The van der Waals surface area contributed by atoms with Gasteiger partial charge in [0.25, 0.3) is 0 Å². The summed E-state index contributed by atoms with van der Waals surface area (Å²) in [4.78, 5) is 0. The molecule has 0 aromatic rings.